The van der Waals surface area contributed by atoms with Crippen LogP contribution in [0.15, 0.2) is 35.1 Å². The summed E-state index contributed by atoms with van der Waals surface area (Å²) in [5, 5.41) is 10.4. The van der Waals surface area contributed by atoms with Gasteiger partial charge >= 0.3 is 0 Å². The molecule has 0 atom stereocenters. The number of carbonyl (C=O) groups excluding carboxylic acids is 1. The zero-order chi connectivity index (χ0) is 13.0. The van der Waals surface area contributed by atoms with Crippen LogP contribution in [0.4, 0.5) is 5.69 Å². The second-order valence-electron chi connectivity index (χ2n) is 3.92. The summed E-state index contributed by atoms with van der Waals surface area (Å²) in [7, 11) is 0. The van der Waals surface area contributed by atoms with E-state index in [1.54, 1.807) is 17.1 Å². The van der Waals surface area contributed by atoms with Crippen LogP contribution in [0, 0.1) is 6.92 Å². The number of anilines is 1. The number of nitrogens with one attached hydrogen (secondary N) is 1. The lowest BCUT2D eigenvalue weighted by molar-refractivity contribution is -0.116. The Morgan fingerprint density at radius 3 is 3.06 bits per heavy atom. The third kappa shape index (κ3) is 3.40. The van der Waals surface area contributed by atoms with Crippen LogP contribution in [0.1, 0.15) is 12.0 Å². The Kier molecular flexibility index (Phi) is 4.09. The van der Waals surface area contributed by atoms with Gasteiger partial charge in [-0.25, -0.2) is 0 Å². The van der Waals surface area contributed by atoms with Crippen molar-refractivity contribution >= 4 is 27.5 Å². The Hall–Kier alpha value is -1.69. The Bertz CT molecular complexity index is 539. The minimum absolute atomic E-state index is 0.0355. The average molecular weight is 309 g/mol. The van der Waals surface area contributed by atoms with E-state index in [9.17, 15) is 4.79 Å². The molecule has 0 saturated carbocycles. The van der Waals surface area contributed by atoms with Gasteiger partial charge in [0.15, 0.2) is 0 Å². The highest BCUT2D eigenvalue weighted by Gasteiger charge is 2.05. The molecule has 6 heteroatoms. The Morgan fingerprint density at radius 1 is 1.50 bits per heavy atom. The van der Waals surface area contributed by atoms with Gasteiger partial charge in [0.05, 0.1) is 12.7 Å². The average Bonchev–Trinajstić information content (AvgIpc) is 2.84. The van der Waals surface area contributed by atoms with Gasteiger partial charge in [0.25, 0.3) is 0 Å². The van der Waals surface area contributed by atoms with E-state index in [0.29, 0.717) is 13.0 Å². The van der Waals surface area contributed by atoms with Gasteiger partial charge in [-0.2, -0.15) is 0 Å². The molecule has 2 aromatic rings. The molecule has 1 aromatic heterocycles. The molecule has 0 radical (unpaired) electrons. The molecule has 0 aliphatic carbocycles. The summed E-state index contributed by atoms with van der Waals surface area (Å²) < 4.78 is 2.58. The predicted octanol–water partition coefficient (Wildman–Crippen LogP) is 2.38. The molecule has 2 rings (SSSR count). The van der Waals surface area contributed by atoms with Gasteiger partial charge < -0.3 is 5.32 Å². The predicted molar refractivity (Wildman–Crippen MR) is 72.1 cm³/mol. The van der Waals surface area contributed by atoms with Crippen LogP contribution < -0.4 is 5.32 Å². The van der Waals surface area contributed by atoms with Crippen molar-refractivity contribution in [2.75, 3.05) is 5.32 Å². The number of hydrogen-bond donors (Lipinski definition) is 1. The van der Waals surface area contributed by atoms with Gasteiger partial charge in [-0.3, -0.25) is 9.48 Å². The van der Waals surface area contributed by atoms with Crippen molar-refractivity contribution < 1.29 is 4.79 Å². The second-order valence-corrected chi connectivity index (χ2v) is 4.84. The molecule has 0 fully saturated rings. The van der Waals surface area contributed by atoms with Crippen molar-refractivity contribution in [2.24, 2.45) is 0 Å². The third-order valence-electron chi connectivity index (χ3n) is 2.51. The topological polar surface area (TPSA) is 59.8 Å². The molecule has 0 aliphatic rings. The Labute approximate surface area is 113 Å². The summed E-state index contributed by atoms with van der Waals surface area (Å²) in [6.07, 6.45) is 3.70. The van der Waals surface area contributed by atoms with Gasteiger partial charge in [0.2, 0.25) is 5.91 Å². The van der Waals surface area contributed by atoms with Crippen molar-refractivity contribution in [1.29, 1.82) is 0 Å². The van der Waals surface area contributed by atoms with E-state index in [-0.39, 0.29) is 5.91 Å². The normalized spacial score (nSPS) is 10.3. The molecule has 1 heterocycles. The molecular weight excluding hydrogens is 296 g/mol. The van der Waals surface area contributed by atoms with Crippen LogP contribution in [-0.4, -0.2) is 20.9 Å². The van der Waals surface area contributed by atoms with E-state index in [0.717, 1.165) is 15.7 Å². The highest BCUT2D eigenvalue weighted by Crippen LogP contribution is 2.20. The zero-order valence-corrected chi connectivity index (χ0v) is 11.5. The quantitative estimate of drug-likeness (QED) is 0.943. The van der Waals surface area contributed by atoms with Gasteiger partial charge in [-0.1, -0.05) is 27.2 Å². The van der Waals surface area contributed by atoms with E-state index in [4.69, 9.17) is 0 Å². The van der Waals surface area contributed by atoms with Crippen molar-refractivity contribution in [3.05, 3.63) is 40.6 Å². The first-order chi connectivity index (χ1) is 8.65. The number of nitrogens with zero attached hydrogens (tertiary/aromatic N) is 3. The van der Waals surface area contributed by atoms with E-state index in [1.807, 2.05) is 25.1 Å². The summed E-state index contributed by atoms with van der Waals surface area (Å²) in [5.41, 5.74) is 1.86. The minimum atomic E-state index is -0.0355. The number of hydrogen-bond acceptors (Lipinski definition) is 3. The fraction of sp³-hybridized carbons (Fsp3) is 0.250. The number of benzene rings is 1. The monoisotopic (exact) mass is 308 g/mol. The highest BCUT2D eigenvalue weighted by atomic mass is 79.9. The fourth-order valence-electron chi connectivity index (χ4n) is 1.51. The number of aryl methyl sites for hydroxylation is 2. The smallest absolute Gasteiger partial charge is 0.226 e. The number of rotatable bonds is 4. The standard InChI is InChI=1S/C12H13BrN4O/c1-9-2-3-10(13)8-11(9)15-12(18)4-6-17-7-5-14-16-17/h2-3,5,7-8H,4,6H2,1H3,(H,15,18). The number of amides is 1. The molecule has 1 aromatic carbocycles. The third-order valence-corrected chi connectivity index (χ3v) is 3.01. The second kappa shape index (κ2) is 5.77. The van der Waals surface area contributed by atoms with Crippen LogP contribution in [-0.2, 0) is 11.3 Å². The molecule has 18 heavy (non-hydrogen) atoms. The lowest BCUT2D eigenvalue weighted by Crippen LogP contribution is -2.15. The van der Waals surface area contributed by atoms with Crippen molar-refractivity contribution in [3.63, 3.8) is 0 Å². The van der Waals surface area contributed by atoms with Crippen LogP contribution >= 0.6 is 15.9 Å². The molecule has 1 amide bonds. The Balaban J connectivity index is 1.92. The first-order valence-electron chi connectivity index (χ1n) is 5.55. The summed E-state index contributed by atoms with van der Waals surface area (Å²) in [6.45, 7) is 2.48. The van der Waals surface area contributed by atoms with E-state index >= 15 is 0 Å². The lowest BCUT2D eigenvalue weighted by atomic mass is 10.2. The Morgan fingerprint density at radius 2 is 2.33 bits per heavy atom. The summed E-state index contributed by atoms with van der Waals surface area (Å²) in [4.78, 5) is 11.8. The van der Waals surface area contributed by atoms with Crippen molar-refractivity contribution in [3.8, 4) is 0 Å². The van der Waals surface area contributed by atoms with Gasteiger partial charge in [0, 0.05) is 22.8 Å². The number of carbonyl (C=O) groups is 1. The maximum atomic E-state index is 11.8. The van der Waals surface area contributed by atoms with Crippen molar-refractivity contribution in [1.82, 2.24) is 15.0 Å². The summed E-state index contributed by atoms with van der Waals surface area (Å²) in [5.74, 6) is -0.0355. The zero-order valence-electron chi connectivity index (χ0n) is 9.93. The molecule has 0 bridgehead atoms. The van der Waals surface area contributed by atoms with Gasteiger partial charge in [-0.05, 0) is 24.6 Å². The first-order valence-corrected chi connectivity index (χ1v) is 6.34. The minimum Gasteiger partial charge on any atom is -0.326 e. The van der Waals surface area contributed by atoms with Crippen LogP contribution in [0.5, 0.6) is 0 Å². The van der Waals surface area contributed by atoms with Gasteiger partial charge in [-0.15, -0.1) is 5.10 Å². The maximum absolute atomic E-state index is 11.8. The molecule has 94 valence electrons. The van der Waals surface area contributed by atoms with Crippen molar-refractivity contribution in [2.45, 2.75) is 19.9 Å². The van der Waals surface area contributed by atoms with Crippen LogP contribution in [0.3, 0.4) is 0 Å². The molecule has 0 unspecified atom stereocenters. The molecule has 0 aliphatic heterocycles. The van der Waals surface area contributed by atoms with Crippen LogP contribution in [0.2, 0.25) is 0 Å². The molecular formula is C12H13BrN4O. The fourth-order valence-corrected chi connectivity index (χ4v) is 1.87. The largest absolute Gasteiger partial charge is 0.326 e. The number of aromatic nitrogens is 3. The van der Waals surface area contributed by atoms with E-state index in [1.165, 1.54) is 0 Å². The molecule has 1 N–H and O–H groups in total. The first kappa shape index (κ1) is 12.8. The van der Waals surface area contributed by atoms with E-state index < -0.39 is 0 Å². The SMILES string of the molecule is Cc1ccc(Br)cc1NC(=O)CCn1ccnn1. The highest BCUT2D eigenvalue weighted by molar-refractivity contribution is 9.10. The number of halogens is 1. The maximum Gasteiger partial charge on any atom is 0.226 e. The van der Waals surface area contributed by atoms with Gasteiger partial charge in [0.1, 0.15) is 0 Å². The summed E-state index contributed by atoms with van der Waals surface area (Å²) in [6, 6.07) is 5.79. The lowest BCUT2D eigenvalue weighted by Gasteiger charge is -2.08. The van der Waals surface area contributed by atoms with E-state index in [2.05, 4.69) is 31.6 Å². The molecule has 0 spiro atoms. The van der Waals surface area contributed by atoms with Crippen LogP contribution in [0.25, 0.3) is 0 Å². The molecule has 0 saturated heterocycles. The molecule has 5 nitrogen and oxygen atoms in total. The summed E-state index contributed by atoms with van der Waals surface area (Å²) >= 11 is 3.38.